The summed E-state index contributed by atoms with van der Waals surface area (Å²) in [4.78, 5) is 22.8. The van der Waals surface area contributed by atoms with Crippen molar-refractivity contribution in [2.75, 3.05) is 13.2 Å². The Bertz CT molecular complexity index is 1020. The maximum Gasteiger partial charge on any atom is 0.261 e. The third kappa shape index (κ3) is 3.23. The van der Waals surface area contributed by atoms with Crippen LogP contribution in [0.4, 0.5) is 8.78 Å². The number of aromatic nitrogens is 4. The molecule has 1 aliphatic heterocycles. The SMILES string of the molecule is Cn1nccc1-c1ncc2c(n1)OCCN(Cc1ccc(F)cc1F)C2=O. The fourth-order valence-corrected chi connectivity index (χ4v) is 2.87. The zero-order chi connectivity index (χ0) is 19.0. The molecule has 1 aliphatic rings. The molecule has 138 valence electrons. The molecule has 7 nitrogen and oxygen atoms in total. The first-order valence-electron chi connectivity index (χ1n) is 8.24. The monoisotopic (exact) mass is 371 g/mol. The van der Waals surface area contributed by atoms with Gasteiger partial charge in [0.2, 0.25) is 5.88 Å². The first-order chi connectivity index (χ1) is 13.0. The fourth-order valence-electron chi connectivity index (χ4n) is 2.87. The van der Waals surface area contributed by atoms with Crippen LogP contribution in [0, 0.1) is 11.6 Å². The molecule has 27 heavy (non-hydrogen) atoms. The van der Waals surface area contributed by atoms with Gasteiger partial charge in [-0.2, -0.15) is 10.1 Å². The Kier molecular flexibility index (Phi) is 4.27. The molecule has 1 aromatic carbocycles. The van der Waals surface area contributed by atoms with Crippen molar-refractivity contribution in [3.8, 4) is 17.4 Å². The standard InChI is InChI=1S/C18H15F2N5O2/c1-24-15(4-5-22-24)16-21-9-13-17(23-16)27-7-6-25(18(13)26)10-11-2-3-12(19)8-14(11)20/h2-5,8-9H,6-7,10H2,1H3. The van der Waals surface area contributed by atoms with E-state index in [1.54, 1.807) is 24.0 Å². The van der Waals surface area contributed by atoms with Crippen LogP contribution >= 0.6 is 0 Å². The van der Waals surface area contributed by atoms with Gasteiger partial charge < -0.3 is 9.64 Å². The summed E-state index contributed by atoms with van der Waals surface area (Å²) in [5.74, 6) is -1.17. The second-order valence-electron chi connectivity index (χ2n) is 6.06. The van der Waals surface area contributed by atoms with Gasteiger partial charge in [-0.05, 0) is 12.1 Å². The van der Waals surface area contributed by atoms with Gasteiger partial charge in [-0.15, -0.1) is 0 Å². The topological polar surface area (TPSA) is 73.1 Å². The summed E-state index contributed by atoms with van der Waals surface area (Å²) in [6, 6.07) is 5.04. The van der Waals surface area contributed by atoms with Crippen LogP contribution in [0.5, 0.6) is 5.88 Å². The van der Waals surface area contributed by atoms with Gasteiger partial charge >= 0.3 is 0 Å². The molecule has 0 bridgehead atoms. The summed E-state index contributed by atoms with van der Waals surface area (Å²) in [6.45, 7) is 0.438. The zero-order valence-corrected chi connectivity index (χ0v) is 14.4. The Hall–Kier alpha value is -3.36. The van der Waals surface area contributed by atoms with Crippen molar-refractivity contribution in [1.29, 1.82) is 0 Å². The van der Waals surface area contributed by atoms with Crippen molar-refractivity contribution in [2.45, 2.75) is 6.54 Å². The van der Waals surface area contributed by atoms with E-state index in [-0.39, 0.29) is 42.6 Å². The van der Waals surface area contributed by atoms with Crippen LogP contribution in [-0.4, -0.2) is 43.7 Å². The number of carbonyl (C=O) groups is 1. The highest BCUT2D eigenvalue weighted by Gasteiger charge is 2.27. The van der Waals surface area contributed by atoms with Crippen LogP contribution in [0.3, 0.4) is 0 Å². The lowest BCUT2D eigenvalue weighted by atomic mass is 10.1. The van der Waals surface area contributed by atoms with Crippen molar-refractivity contribution in [1.82, 2.24) is 24.6 Å². The van der Waals surface area contributed by atoms with Crippen LogP contribution in [0.1, 0.15) is 15.9 Å². The highest BCUT2D eigenvalue weighted by Crippen LogP contribution is 2.25. The lowest BCUT2D eigenvalue weighted by molar-refractivity contribution is 0.0741. The molecule has 0 unspecified atom stereocenters. The van der Waals surface area contributed by atoms with Gasteiger partial charge in [0.1, 0.15) is 29.5 Å². The van der Waals surface area contributed by atoms with E-state index in [1.165, 1.54) is 17.2 Å². The number of carbonyl (C=O) groups excluding carboxylic acids is 1. The molecule has 0 atom stereocenters. The van der Waals surface area contributed by atoms with Crippen LogP contribution < -0.4 is 4.74 Å². The number of benzene rings is 1. The van der Waals surface area contributed by atoms with Crippen molar-refractivity contribution < 1.29 is 18.3 Å². The first-order valence-corrected chi connectivity index (χ1v) is 8.24. The lowest BCUT2D eigenvalue weighted by Gasteiger charge is -2.20. The second-order valence-corrected chi connectivity index (χ2v) is 6.06. The van der Waals surface area contributed by atoms with Crippen molar-refractivity contribution in [3.05, 3.63) is 59.4 Å². The summed E-state index contributed by atoms with van der Waals surface area (Å²) >= 11 is 0. The largest absolute Gasteiger partial charge is 0.475 e. The van der Waals surface area contributed by atoms with Gasteiger partial charge in [0.25, 0.3) is 5.91 Å². The lowest BCUT2D eigenvalue weighted by Crippen LogP contribution is -2.32. The van der Waals surface area contributed by atoms with E-state index < -0.39 is 11.6 Å². The Labute approximate surface area is 153 Å². The zero-order valence-electron chi connectivity index (χ0n) is 14.4. The minimum Gasteiger partial charge on any atom is -0.475 e. The molecule has 3 aromatic rings. The van der Waals surface area contributed by atoms with Gasteiger partial charge in [0, 0.05) is 37.6 Å². The van der Waals surface area contributed by atoms with E-state index in [9.17, 15) is 13.6 Å². The minimum atomic E-state index is -0.698. The highest BCUT2D eigenvalue weighted by molar-refractivity contribution is 5.96. The van der Waals surface area contributed by atoms with Gasteiger partial charge in [0.05, 0.1) is 6.54 Å². The number of hydrogen-bond donors (Lipinski definition) is 0. The summed E-state index contributed by atoms with van der Waals surface area (Å²) in [7, 11) is 1.76. The number of rotatable bonds is 3. The van der Waals surface area contributed by atoms with Crippen LogP contribution in [0.15, 0.2) is 36.7 Å². The molecule has 0 spiro atoms. The van der Waals surface area contributed by atoms with E-state index in [4.69, 9.17) is 4.74 Å². The summed E-state index contributed by atoms with van der Waals surface area (Å²) in [5, 5.41) is 4.07. The summed E-state index contributed by atoms with van der Waals surface area (Å²) in [6.07, 6.45) is 3.02. The average molecular weight is 371 g/mol. The summed E-state index contributed by atoms with van der Waals surface area (Å²) in [5.41, 5.74) is 1.10. The normalized spacial score (nSPS) is 13.9. The molecule has 4 rings (SSSR count). The number of fused-ring (bicyclic) bond motifs is 1. The van der Waals surface area contributed by atoms with Crippen LogP contribution in [0.25, 0.3) is 11.5 Å². The second kappa shape index (κ2) is 6.75. The molecule has 1 amide bonds. The first kappa shape index (κ1) is 17.1. The Balaban J connectivity index is 1.63. The number of ether oxygens (including phenoxy) is 1. The molecule has 0 fully saturated rings. The van der Waals surface area contributed by atoms with Crippen molar-refractivity contribution >= 4 is 5.91 Å². The number of aryl methyl sites for hydroxylation is 1. The number of halogens is 2. The van der Waals surface area contributed by atoms with Gasteiger partial charge in [-0.25, -0.2) is 13.8 Å². The van der Waals surface area contributed by atoms with Crippen LogP contribution in [-0.2, 0) is 13.6 Å². The molecular formula is C18H15F2N5O2. The molecule has 0 saturated heterocycles. The Morgan fingerprint density at radius 3 is 2.85 bits per heavy atom. The third-order valence-electron chi connectivity index (χ3n) is 4.30. The molecule has 0 N–H and O–H groups in total. The van der Waals surface area contributed by atoms with E-state index in [1.807, 2.05) is 0 Å². The minimum absolute atomic E-state index is 0.00275. The van der Waals surface area contributed by atoms with E-state index in [0.717, 1.165) is 12.1 Å². The molecule has 0 radical (unpaired) electrons. The Morgan fingerprint density at radius 2 is 2.11 bits per heavy atom. The predicted octanol–water partition coefficient (Wildman–Crippen LogP) is 2.19. The Morgan fingerprint density at radius 1 is 1.26 bits per heavy atom. The van der Waals surface area contributed by atoms with Gasteiger partial charge in [-0.3, -0.25) is 9.48 Å². The van der Waals surface area contributed by atoms with E-state index >= 15 is 0 Å². The maximum absolute atomic E-state index is 13.9. The average Bonchev–Trinajstić information content (AvgIpc) is 3.01. The van der Waals surface area contributed by atoms with E-state index in [2.05, 4.69) is 15.1 Å². The molecule has 0 aliphatic carbocycles. The maximum atomic E-state index is 13.9. The molecule has 0 saturated carbocycles. The number of hydrogen-bond acceptors (Lipinski definition) is 5. The smallest absolute Gasteiger partial charge is 0.261 e. The van der Waals surface area contributed by atoms with Crippen molar-refractivity contribution in [3.63, 3.8) is 0 Å². The molecule has 9 heteroatoms. The summed E-state index contributed by atoms with van der Waals surface area (Å²) < 4.78 is 34.3. The number of nitrogens with zero attached hydrogens (tertiary/aromatic N) is 5. The van der Waals surface area contributed by atoms with Gasteiger partial charge in [0.15, 0.2) is 5.82 Å². The molecule has 2 aromatic heterocycles. The highest BCUT2D eigenvalue weighted by atomic mass is 19.1. The quantitative estimate of drug-likeness (QED) is 0.706. The van der Waals surface area contributed by atoms with Crippen LogP contribution in [0.2, 0.25) is 0 Å². The fraction of sp³-hybridized carbons (Fsp3) is 0.222. The molecular weight excluding hydrogens is 356 g/mol. The van der Waals surface area contributed by atoms with Gasteiger partial charge in [-0.1, -0.05) is 6.07 Å². The third-order valence-corrected chi connectivity index (χ3v) is 4.30. The predicted molar refractivity (Wildman–Crippen MR) is 90.8 cm³/mol. The van der Waals surface area contributed by atoms with E-state index in [0.29, 0.717) is 11.5 Å². The number of amides is 1. The van der Waals surface area contributed by atoms with Crippen molar-refractivity contribution in [2.24, 2.45) is 7.05 Å². The molecule has 3 heterocycles.